The fourth-order valence-electron chi connectivity index (χ4n) is 3.88. The predicted octanol–water partition coefficient (Wildman–Crippen LogP) is 3.75. The van der Waals surface area contributed by atoms with Crippen molar-refractivity contribution in [3.8, 4) is 5.69 Å². The first-order valence-electron chi connectivity index (χ1n) is 9.11. The summed E-state index contributed by atoms with van der Waals surface area (Å²) in [5.41, 5.74) is 8.41. The lowest BCUT2D eigenvalue weighted by Gasteiger charge is -2.16. The van der Waals surface area contributed by atoms with Gasteiger partial charge in [0.15, 0.2) is 5.82 Å². The number of benzene rings is 2. The Morgan fingerprint density at radius 2 is 1.82 bits per heavy atom. The van der Waals surface area contributed by atoms with Crippen LogP contribution in [0.3, 0.4) is 0 Å². The molecule has 0 aliphatic carbocycles. The van der Waals surface area contributed by atoms with Gasteiger partial charge < -0.3 is 5.73 Å². The Hall–Kier alpha value is -2.28. The standard InChI is InChI=1S/C21H22F2N4.ClH/c22-17-6-7-21(20(23)10-17)27-9-8-18(25-27)13-26-12-16(11-24)19(14-26)15-4-2-1-3-5-15;/h1-10,16,19H,11-14,24H2;1H/t16-,19+;/m1./s1. The predicted molar refractivity (Wildman–Crippen MR) is 108 cm³/mol. The Kier molecular flexibility index (Phi) is 6.44. The molecule has 0 unspecified atom stereocenters. The van der Waals surface area contributed by atoms with Crippen LogP contribution in [0.15, 0.2) is 60.8 Å². The van der Waals surface area contributed by atoms with Crippen LogP contribution in [0.2, 0.25) is 0 Å². The van der Waals surface area contributed by atoms with Gasteiger partial charge in [-0.25, -0.2) is 13.5 Å². The zero-order valence-electron chi connectivity index (χ0n) is 15.3. The minimum absolute atomic E-state index is 0. The smallest absolute Gasteiger partial charge is 0.151 e. The molecule has 1 aliphatic rings. The number of likely N-dealkylation sites (tertiary alicyclic amines) is 1. The molecule has 0 bridgehead atoms. The van der Waals surface area contributed by atoms with E-state index in [0.29, 0.717) is 24.9 Å². The molecule has 0 amide bonds. The molecule has 2 atom stereocenters. The van der Waals surface area contributed by atoms with E-state index < -0.39 is 11.6 Å². The average Bonchev–Trinajstić information content (AvgIpc) is 3.29. The van der Waals surface area contributed by atoms with E-state index in [1.165, 1.54) is 22.4 Å². The third-order valence-electron chi connectivity index (χ3n) is 5.23. The molecule has 0 spiro atoms. The van der Waals surface area contributed by atoms with Crippen LogP contribution in [0.25, 0.3) is 5.69 Å². The highest BCUT2D eigenvalue weighted by Crippen LogP contribution is 2.32. The monoisotopic (exact) mass is 404 g/mol. The van der Waals surface area contributed by atoms with Gasteiger partial charge in [-0.3, -0.25) is 4.90 Å². The van der Waals surface area contributed by atoms with E-state index in [1.54, 1.807) is 6.20 Å². The summed E-state index contributed by atoms with van der Waals surface area (Å²) >= 11 is 0. The van der Waals surface area contributed by atoms with Crippen molar-refractivity contribution in [2.24, 2.45) is 11.7 Å². The topological polar surface area (TPSA) is 47.1 Å². The second kappa shape index (κ2) is 8.82. The van der Waals surface area contributed by atoms with Crippen molar-refractivity contribution in [1.82, 2.24) is 14.7 Å². The summed E-state index contributed by atoms with van der Waals surface area (Å²) < 4.78 is 28.5. The van der Waals surface area contributed by atoms with Gasteiger partial charge in [-0.05, 0) is 36.2 Å². The number of nitrogens with two attached hydrogens (primary N) is 1. The molecule has 3 aromatic rings. The van der Waals surface area contributed by atoms with E-state index in [-0.39, 0.29) is 18.1 Å². The molecule has 2 heterocycles. The average molecular weight is 405 g/mol. The number of halogens is 3. The molecule has 2 N–H and O–H groups in total. The van der Waals surface area contributed by atoms with Crippen molar-refractivity contribution in [2.45, 2.75) is 12.5 Å². The van der Waals surface area contributed by atoms with Crippen molar-refractivity contribution in [1.29, 1.82) is 0 Å². The fourth-order valence-corrected chi connectivity index (χ4v) is 3.88. The Morgan fingerprint density at radius 3 is 2.54 bits per heavy atom. The van der Waals surface area contributed by atoms with Gasteiger partial charge in [0, 0.05) is 37.8 Å². The maximum absolute atomic E-state index is 14.0. The molecular formula is C21H23ClF2N4. The summed E-state index contributed by atoms with van der Waals surface area (Å²) in [4.78, 5) is 2.34. The number of hydrogen-bond acceptors (Lipinski definition) is 3. The van der Waals surface area contributed by atoms with Gasteiger partial charge >= 0.3 is 0 Å². The molecule has 2 aromatic carbocycles. The van der Waals surface area contributed by atoms with E-state index in [4.69, 9.17) is 5.73 Å². The lowest BCUT2D eigenvalue weighted by atomic mass is 9.89. The largest absolute Gasteiger partial charge is 0.330 e. The zero-order chi connectivity index (χ0) is 18.8. The molecule has 1 aromatic heterocycles. The molecule has 4 nitrogen and oxygen atoms in total. The summed E-state index contributed by atoms with van der Waals surface area (Å²) in [6.45, 7) is 3.15. The summed E-state index contributed by atoms with van der Waals surface area (Å²) in [5.74, 6) is -0.407. The second-order valence-electron chi connectivity index (χ2n) is 7.05. The quantitative estimate of drug-likeness (QED) is 0.704. The molecular weight excluding hydrogens is 382 g/mol. The summed E-state index contributed by atoms with van der Waals surface area (Å²) in [6.07, 6.45) is 1.71. The van der Waals surface area contributed by atoms with Crippen LogP contribution in [0.5, 0.6) is 0 Å². The highest BCUT2D eigenvalue weighted by Gasteiger charge is 2.32. The maximum Gasteiger partial charge on any atom is 0.151 e. The molecule has 4 rings (SSSR count). The Bertz CT molecular complexity index is 916. The van der Waals surface area contributed by atoms with Crippen molar-refractivity contribution >= 4 is 12.4 Å². The first-order chi connectivity index (χ1) is 13.1. The van der Waals surface area contributed by atoms with Gasteiger partial charge in [-0.1, -0.05) is 30.3 Å². The van der Waals surface area contributed by atoms with Crippen LogP contribution in [-0.4, -0.2) is 34.3 Å². The summed E-state index contributed by atoms with van der Waals surface area (Å²) in [5, 5.41) is 4.46. The van der Waals surface area contributed by atoms with Crippen LogP contribution in [0, 0.1) is 17.6 Å². The van der Waals surface area contributed by atoms with Crippen molar-refractivity contribution in [3.05, 3.63) is 83.7 Å². The molecule has 148 valence electrons. The Morgan fingerprint density at radius 1 is 1.04 bits per heavy atom. The molecule has 1 saturated heterocycles. The third kappa shape index (κ3) is 4.24. The number of rotatable bonds is 5. The van der Waals surface area contributed by atoms with E-state index >= 15 is 0 Å². The lowest BCUT2D eigenvalue weighted by Crippen LogP contribution is -2.23. The first-order valence-corrected chi connectivity index (χ1v) is 9.11. The van der Waals surface area contributed by atoms with Crippen LogP contribution in [0.4, 0.5) is 8.78 Å². The number of aromatic nitrogens is 2. The SMILES string of the molecule is Cl.NC[C@@H]1CN(Cc2ccn(-c3ccc(F)cc3F)n2)C[C@H]1c1ccccc1. The molecule has 0 saturated carbocycles. The zero-order valence-corrected chi connectivity index (χ0v) is 16.2. The Balaban J connectivity index is 0.00000225. The van der Waals surface area contributed by atoms with Crippen LogP contribution >= 0.6 is 12.4 Å². The van der Waals surface area contributed by atoms with Crippen molar-refractivity contribution in [2.75, 3.05) is 19.6 Å². The van der Waals surface area contributed by atoms with Crippen LogP contribution < -0.4 is 5.73 Å². The Labute approximate surface area is 169 Å². The normalized spacial score (nSPS) is 19.5. The van der Waals surface area contributed by atoms with Gasteiger partial charge in [-0.15, -0.1) is 12.4 Å². The van der Waals surface area contributed by atoms with Crippen molar-refractivity contribution in [3.63, 3.8) is 0 Å². The van der Waals surface area contributed by atoms with Gasteiger partial charge in [0.05, 0.1) is 5.69 Å². The first kappa shape index (κ1) is 20.5. The summed E-state index contributed by atoms with van der Waals surface area (Å²) in [6, 6.07) is 15.8. The minimum atomic E-state index is -0.627. The van der Waals surface area contributed by atoms with E-state index in [9.17, 15) is 8.78 Å². The van der Waals surface area contributed by atoms with Crippen LogP contribution in [-0.2, 0) is 6.54 Å². The van der Waals surface area contributed by atoms with Crippen molar-refractivity contribution < 1.29 is 8.78 Å². The van der Waals surface area contributed by atoms with Gasteiger partial charge in [0.2, 0.25) is 0 Å². The highest BCUT2D eigenvalue weighted by atomic mass is 35.5. The van der Waals surface area contributed by atoms with E-state index in [0.717, 1.165) is 24.8 Å². The van der Waals surface area contributed by atoms with Gasteiger partial charge in [-0.2, -0.15) is 5.10 Å². The third-order valence-corrected chi connectivity index (χ3v) is 5.23. The van der Waals surface area contributed by atoms with E-state index in [2.05, 4.69) is 34.3 Å². The lowest BCUT2D eigenvalue weighted by molar-refractivity contribution is 0.312. The molecule has 1 fully saturated rings. The van der Waals surface area contributed by atoms with Crippen LogP contribution in [0.1, 0.15) is 17.2 Å². The fraction of sp³-hybridized carbons (Fsp3) is 0.286. The van der Waals surface area contributed by atoms with Gasteiger partial charge in [0.1, 0.15) is 11.5 Å². The van der Waals surface area contributed by atoms with Gasteiger partial charge in [0.25, 0.3) is 0 Å². The number of hydrogen-bond donors (Lipinski definition) is 1. The highest BCUT2D eigenvalue weighted by molar-refractivity contribution is 5.85. The molecule has 1 aliphatic heterocycles. The van der Waals surface area contributed by atoms with E-state index in [1.807, 2.05) is 12.1 Å². The second-order valence-corrected chi connectivity index (χ2v) is 7.05. The summed E-state index contributed by atoms with van der Waals surface area (Å²) in [7, 11) is 0. The maximum atomic E-state index is 14.0. The molecule has 7 heteroatoms. The molecule has 28 heavy (non-hydrogen) atoms. The molecule has 0 radical (unpaired) electrons. The number of nitrogens with zero attached hydrogens (tertiary/aromatic N) is 3. The minimum Gasteiger partial charge on any atom is -0.330 e.